The first-order valence-electron chi connectivity index (χ1n) is 6.62. The number of amides is 1. The van der Waals surface area contributed by atoms with Gasteiger partial charge in [0.15, 0.2) is 0 Å². The molecule has 2 unspecified atom stereocenters. The number of pyridine rings is 1. The van der Waals surface area contributed by atoms with E-state index in [1.807, 2.05) is 19.1 Å². The molecule has 1 aliphatic rings. The Hall–Kier alpha value is -0.840. The number of halogens is 2. The molecular weight excluding hydrogens is 297 g/mol. The van der Waals surface area contributed by atoms with Crippen molar-refractivity contribution in [3.63, 3.8) is 0 Å². The van der Waals surface area contributed by atoms with Crippen LogP contribution >= 0.6 is 24.8 Å². The lowest BCUT2D eigenvalue weighted by atomic mass is 9.86. The maximum absolute atomic E-state index is 12.0. The fourth-order valence-corrected chi connectivity index (χ4v) is 2.56. The molecular formula is C14H23Cl2N3O. The van der Waals surface area contributed by atoms with E-state index in [-0.39, 0.29) is 30.7 Å². The number of carbonyl (C=O) groups is 1. The van der Waals surface area contributed by atoms with Crippen molar-refractivity contribution in [2.24, 2.45) is 11.7 Å². The summed E-state index contributed by atoms with van der Waals surface area (Å²) in [6.07, 6.45) is 6.11. The SMILES string of the molecule is Cc1cccnc1C(=O)NCC1CCCC(N)C1.Cl.Cl. The third-order valence-corrected chi connectivity index (χ3v) is 3.60. The van der Waals surface area contributed by atoms with Gasteiger partial charge in [0.1, 0.15) is 5.69 Å². The van der Waals surface area contributed by atoms with E-state index in [0.717, 1.165) is 24.8 Å². The van der Waals surface area contributed by atoms with Crippen molar-refractivity contribution in [2.45, 2.75) is 38.6 Å². The summed E-state index contributed by atoms with van der Waals surface area (Å²) in [5.41, 5.74) is 7.38. The topological polar surface area (TPSA) is 68.0 Å². The average Bonchev–Trinajstić information content (AvgIpc) is 2.37. The summed E-state index contributed by atoms with van der Waals surface area (Å²) in [5.74, 6) is 0.439. The summed E-state index contributed by atoms with van der Waals surface area (Å²) >= 11 is 0. The number of rotatable bonds is 3. The zero-order chi connectivity index (χ0) is 13.0. The molecule has 0 radical (unpaired) electrons. The third kappa shape index (κ3) is 5.27. The van der Waals surface area contributed by atoms with Gasteiger partial charge in [0, 0.05) is 18.8 Å². The number of hydrogen-bond donors (Lipinski definition) is 2. The van der Waals surface area contributed by atoms with Crippen molar-refractivity contribution in [1.82, 2.24) is 10.3 Å². The Labute approximate surface area is 132 Å². The highest BCUT2D eigenvalue weighted by atomic mass is 35.5. The van der Waals surface area contributed by atoms with E-state index in [9.17, 15) is 4.79 Å². The minimum Gasteiger partial charge on any atom is -0.350 e. The average molecular weight is 320 g/mol. The van der Waals surface area contributed by atoms with Gasteiger partial charge in [-0.05, 0) is 43.7 Å². The van der Waals surface area contributed by atoms with Crippen LogP contribution in [0.3, 0.4) is 0 Å². The predicted octanol–water partition coefficient (Wildman–Crippen LogP) is 2.48. The van der Waals surface area contributed by atoms with Crippen LogP contribution < -0.4 is 11.1 Å². The zero-order valence-electron chi connectivity index (χ0n) is 11.7. The molecule has 1 aromatic rings. The summed E-state index contributed by atoms with van der Waals surface area (Å²) in [7, 11) is 0. The molecule has 0 aromatic carbocycles. The van der Waals surface area contributed by atoms with Crippen LogP contribution in [-0.4, -0.2) is 23.5 Å². The van der Waals surface area contributed by atoms with Gasteiger partial charge in [-0.15, -0.1) is 24.8 Å². The highest BCUT2D eigenvalue weighted by molar-refractivity contribution is 5.93. The molecule has 0 spiro atoms. The Bertz CT molecular complexity index is 429. The molecule has 0 bridgehead atoms. The fraction of sp³-hybridized carbons (Fsp3) is 0.571. The molecule has 0 aliphatic heterocycles. The quantitative estimate of drug-likeness (QED) is 0.899. The van der Waals surface area contributed by atoms with Crippen molar-refractivity contribution in [3.05, 3.63) is 29.6 Å². The number of nitrogens with zero attached hydrogens (tertiary/aromatic N) is 1. The molecule has 114 valence electrons. The van der Waals surface area contributed by atoms with E-state index >= 15 is 0 Å². The second kappa shape index (κ2) is 9.16. The van der Waals surface area contributed by atoms with E-state index in [4.69, 9.17) is 5.73 Å². The lowest BCUT2D eigenvalue weighted by Crippen LogP contribution is -2.36. The second-order valence-electron chi connectivity index (χ2n) is 5.17. The van der Waals surface area contributed by atoms with Gasteiger partial charge >= 0.3 is 0 Å². The number of nitrogens with one attached hydrogen (secondary N) is 1. The molecule has 2 rings (SSSR count). The first-order valence-corrected chi connectivity index (χ1v) is 6.62. The lowest BCUT2D eigenvalue weighted by Gasteiger charge is -2.26. The summed E-state index contributed by atoms with van der Waals surface area (Å²) in [6, 6.07) is 4.04. The van der Waals surface area contributed by atoms with E-state index in [2.05, 4.69) is 10.3 Å². The number of nitrogens with two attached hydrogens (primary N) is 1. The van der Waals surface area contributed by atoms with Gasteiger partial charge in [0.05, 0.1) is 0 Å². The van der Waals surface area contributed by atoms with Gasteiger partial charge in [0.2, 0.25) is 0 Å². The van der Waals surface area contributed by atoms with Crippen LogP contribution in [0.25, 0.3) is 0 Å². The third-order valence-electron chi connectivity index (χ3n) is 3.60. The molecule has 6 heteroatoms. The Balaban J connectivity index is 0.00000180. The van der Waals surface area contributed by atoms with E-state index in [1.165, 1.54) is 6.42 Å². The van der Waals surface area contributed by atoms with Crippen LogP contribution in [0.15, 0.2) is 18.3 Å². The highest BCUT2D eigenvalue weighted by Gasteiger charge is 2.20. The molecule has 1 heterocycles. The van der Waals surface area contributed by atoms with E-state index in [1.54, 1.807) is 6.20 Å². The van der Waals surface area contributed by atoms with Crippen LogP contribution in [0.4, 0.5) is 0 Å². The summed E-state index contributed by atoms with van der Waals surface area (Å²) in [4.78, 5) is 16.1. The summed E-state index contributed by atoms with van der Waals surface area (Å²) in [6.45, 7) is 2.61. The first kappa shape index (κ1) is 19.2. The second-order valence-corrected chi connectivity index (χ2v) is 5.17. The zero-order valence-corrected chi connectivity index (χ0v) is 13.3. The Morgan fingerprint density at radius 2 is 2.20 bits per heavy atom. The summed E-state index contributed by atoms with van der Waals surface area (Å²) in [5, 5.41) is 2.97. The molecule has 1 aromatic heterocycles. The van der Waals surface area contributed by atoms with Crippen molar-refractivity contribution in [3.8, 4) is 0 Å². The standard InChI is InChI=1S/C14H21N3O.2ClH/c1-10-4-3-7-16-13(10)14(18)17-9-11-5-2-6-12(15)8-11;;/h3-4,7,11-12H,2,5-6,8-9,15H2,1H3,(H,17,18);2*1H. The van der Waals surface area contributed by atoms with Gasteiger partial charge in [0.25, 0.3) is 5.91 Å². The van der Waals surface area contributed by atoms with E-state index < -0.39 is 0 Å². The minimum atomic E-state index is -0.0766. The lowest BCUT2D eigenvalue weighted by molar-refractivity contribution is 0.0937. The van der Waals surface area contributed by atoms with Crippen LogP contribution in [0.2, 0.25) is 0 Å². The molecule has 1 fully saturated rings. The molecule has 0 saturated heterocycles. The Morgan fingerprint density at radius 1 is 1.45 bits per heavy atom. The maximum atomic E-state index is 12.0. The molecule has 1 aliphatic carbocycles. The number of hydrogen-bond acceptors (Lipinski definition) is 3. The normalized spacial score (nSPS) is 21.3. The van der Waals surface area contributed by atoms with Crippen molar-refractivity contribution in [1.29, 1.82) is 0 Å². The van der Waals surface area contributed by atoms with Gasteiger partial charge < -0.3 is 11.1 Å². The fourth-order valence-electron chi connectivity index (χ4n) is 2.56. The Morgan fingerprint density at radius 3 is 2.85 bits per heavy atom. The van der Waals surface area contributed by atoms with Gasteiger partial charge in [-0.1, -0.05) is 12.5 Å². The smallest absolute Gasteiger partial charge is 0.270 e. The van der Waals surface area contributed by atoms with Crippen molar-refractivity contribution in [2.75, 3.05) is 6.54 Å². The van der Waals surface area contributed by atoms with Crippen LogP contribution in [0.1, 0.15) is 41.7 Å². The number of carbonyl (C=O) groups excluding carboxylic acids is 1. The molecule has 4 nitrogen and oxygen atoms in total. The van der Waals surface area contributed by atoms with Crippen molar-refractivity contribution < 1.29 is 4.79 Å². The predicted molar refractivity (Wildman–Crippen MR) is 85.7 cm³/mol. The van der Waals surface area contributed by atoms with Gasteiger partial charge in [-0.2, -0.15) is 0 Å². The molecule has 3 N–H and O–H groups in total. The number of aryl methyl sites for hydroxylation is 1. The van der Waals surface area contributed by atoms with Gasteiger partial charge in [-0.25, -0.2) is 0 Å². The number of aromatic nitrogens is 1. The van der Waals surface area contributed by atoms with Crippen molar-refractivity contribution >= 4 is 30.7 Å². The molecule has 1 amide bonds. The highest BCUT2D eigenvalue weighted by Crippen LogP contribution is 2.22. The monoisotopic (exact) mass is 319 g/mol. The van der Waals surface area contributed by atoms with Crippen LogP contribution in [0, 0.1) is 12.8 Å². The molecule has 20 heavy (non-hydrogen) atoms. The van der Waals surface area contributed by atoms with Crippen LogP contribution in [0.5, 0.6) is 0 Å². The Kier molecular flexibility index (Phi) is 8.78. The summed E-state index contributed by atoms with van der Waals surface area (Å²) < 4.78 is 0. The maximum Gasteiger partial charge on any atom is 0.270 e. The van der Waals surface area contributed by atoms with Crippen LogP contribution in [-0.2, 0) is 0 Å². The largest absolute Gasteiger partial charge is 0.350 e. The van der Waals surface area contributed by atoms with E-state index in [0.29, 0.717) is 24.2 Å². The first-order chi connectivity index (χ1) is 8.66. The van der Waals surface area contributed by atoms with Gasteiger partial charge in [-0.3, -0.25) is 9.78 Å². The minimum absolute atomic E-state index is 0. The molecule has 2 atom stereocenters. The molecule has 1 saturated carbocycles.